The molecule has 0 fully saturated rings. The molecule has 0 amide bonds. The smallest absolute Gasteiger partial charge is 0.337 e. The maximum absolute atomic E-state index is 11.3. The number of hydrogen-bond donors (Lipinski definition) is 0. The summed E-state index contributed by atoms with van der Waals surface area (Å²) < 4.78 is 4.65. The maximum Gasteiger partial charge on any atom is 0.337 e. The van der Waals surface area contributed by atoms with Gasteiger partial charge >= 0.3 is 5.97 Å². The van der Waals surface area contributed by atoms with E-state index in [2.05, 4.69) is 4.74 Å². The number of carbonyl (C=O) groups is 1. The highest BCUT2D eigenvalue weighted by molar-refractivity contribution is 6.32. The summed E-state index contributed by atoms with van der Waals surface area (Å²) in [5.41, 5.74) is 3.39. The van der Waals surface area contributed by atoms with Crippen LogP contribution in [0.3, 0.4) is 0 Å². The van der Waals surface area contributed by atoms with Crippen LogP contribution in [0.25, 0.3) is 12.2 Å². The van der Waals surface area contributed by atoms with Crippen LogP contribution < -0.4 is 5.46 Å². The zero-order valence-electron chi connectivity index (χ0n) is 10.7. The Morgan fingerprint density at radius 3 is 1.89 bits per heavy atom. The molecular weight excluding hydrogens is 235 g/mol. The fourth-order valence-corrected chi connectivity index (χ4v) is 1.65. The first-order chi connectivity index (χ1) is 9.19. The minimum atomic E-state index is -0.325. The van der Waals surface area contributed by atoms with Gasteiger partial charge in [0.25, 0.3) is 0 Å². The summed E-state index contributed by atoms with van der Waals surface area (Å²) in [6.07, 6.45) is 3.97. The standard InChI is InChI=1S/C16H13BO2/c1-19-16(18)14-8-4-12(5-9-14)2-3-13-6-10-15(17)11-7-13/h2-11H,1H3. The van der Waals surface area contributed by atoms with Crippen LogP contribution in [-0.4, -0.2) is 20.9 Å². The average Bonchev–Trinajstić information content (AvgIpc) is 2.46. The van der Waals surface area contributed by atoms with Crippen molar-refractivity contribution in [1.82, 2.24) is 0 Å². The topological polar surface area (TPSA) is 26.3 Å². The van der Waals surface area contributed by atoms with Crippen molar-refractivity contribution >= 4 is 31.4 Å². The number of carbonyl (C=O) groups excluding carboxylic acids is 1. The quantitative estimate of drug-likeness (QED) is 0.473. The lowest BCUT2D eigenvalue weighted by Gasteiger charge is -1.99. The highest BCUT2D eigenvalue weighted by atomic mass is 16.5. The van der Waals surface area contributed by atoms with Crippen LogP contribution in [0.15, 0.2) is 48.5 Å². The van der Waals surface area contributed by atoms with Crippen molar-refractivity contribution in [1.29, 1.82) is 0 Å². The van der Waals surface area contributed by atoms with Crippen LogP contribution in [0.4, 0.5) is 0 Å². The van der Waals surface area contributed by atoms with Crippen LogP contribution in [0.2, 0.25) is 0 Å². The summed E-state index contributed by atoms with van der Waals surface area (Å²) in [5.74, 6) is -0.325. The lowest BCUT2D eigenvalue weighted by molar-refractivity contribution is 0.0601. The summed E-state index contributed by atoms with van der Waals surface area (Å²) in [5, 5.41) is 0. The molecule has 0 spiro atoms. The Morgan fingerprint density at radius 1 is 0.947 bits per heavy atom. The van der Waals surface area contributed by atoms with E-state index >= 15 is 0 Å². The van der Waals surface area contributed by atoms with Gasteiger partial charge in [0.2, 0.25) is 0 Å². The first-order valence-corrected chi connectivity index (χ1v) is 5.91. The monoisotopic (exact) mass is 248 g/mol. The zero-order valence-corrected chi connectivity index (χ0v) is 10.7. The molecule has 0 heterocycles. The number of ether oxygens (including phenoxy) is 1. The number of hydrogen-bond acceptors (Lipinski definition) is 2. The minimum Gasteiger partial charge on any atom is -0.465 e. The summed E-state index contributed by atoms with van der Waals surface area (Å²) >= 11 is 0. The van der Waals surface area contributed by atoms with E-state index in [4.69, 9.17) is 7.85 Å². The first kappa shape index (κ1) is 13.2. The van der Waals surface area contributed by atoms with Crippen molar-refractivity contribution in [2.75, 3.05) is 7.11 Å². The van der Waals surface area contributed by atoms with Gasteiger partial charge < -0.3 is 4.74 Å². The Bertz CT molecular complexity index is 583. The van der Waals surface area contributed by atoms with Gasteiger partial charge in [-0.15, -0.1) is 0 Å². The zero-order chi connectivity index (χ0) is 13.7. The third kappa shape index (κ3) is 3.58. The molecule has 0 bridgehead atoms. The normalized spacial score (nSPS) is 10.6. The molecule has 0 N–H and O–H groups in total. The van der Waals surface area contributed by atoms with Crippen LogP contribution >= 0.6 is 0 Å². The SMILES string of the molecule is [B]c1ccc(C=Cc2ccc(C(=O)OC)cc2)cc1. The van der Waals surface area contributed by atoms with E-state index in [1.165, 1.54) is 7.11 Å². The molecular formula is C16H13BO2. The van der Waals surface area contributed by atoms with Crippen LogP contribution in [0.5, 0.6) is 0 Å². The third-order valence-electron chi connectivity index (χ3n) is 2.74. The van der Waals surface area contributed by atoms with Crippen molar-refractivity contribution in [3.05, 3.63) is 65.2 Å². The molecule has 0 saturated carbocycles. The fraction of sp³-hybridized carbons (Fsp3) is 0.0625. The summed E-state index contributed by atoms with van der Waals surface area (Å²) in [7, 11) is 7.00. The molecule has 0 saturated heterocycles. The molecule has 0 aromatic heterocycles. The lowest BCUT2D eigenvalue weighted by atomic mass is 9.95. The minimum absolute atomic E-state index is 0.325. The van der Waals surface area contributed by atoms with Crippen molar-refractivity contribution in [2.45, 2.75) is 0 Å². The second-order valence-corrected chi connectivity index (χ2v) is 4.11. The van der Waals surface area contributed by atoms with Gasteiger partial charge in [-0.1, -0.05) is 54.0 Å². The second kappa shape index (κ2) is 6.05. The van der Waals surface area contributed by atoms with Gasteiger partial charge in [-0.2, -0.15) is 0 Å². The molecule has 92 valence electrons. The van der Waals surface area contributed by atoms with Gasteiger partial charge in [0.15, 0.2) is 0 Å². The molecule has 0 unspecified atom stereocenters. The molecule has 2 radical (unpaired) electrons. The molecule has 0 aliphatic rings. The second-order valence-electron chi connectivity index (χ2n) is 4.11. The molecule has 0 aliphatic carbocycles. The Labute approximate surface area is 114 Å². The number of methoxy groups -OCH3 is 1. The van der Waals surface area contributed by atoms with E-state index in [0.717, 1.165) is 16.6 Å². The number of esters is 1. The van der Waals surface area contributed by atoms with Crippen LogP contribution in [0.1, 0.15) is 21.5 Å². The van der Waals surface area contributed by atoms with Gasteiger partial charge in [0.1, 0.15) is 7.85 Å². The van der Waals surface area contributed by atoms with Crippen molar-refractivity contribution < 1.29 is 9.53 Å². The third-order valence-corrected chi connectivity index (χ3v) is 2.74. The molecule has 0 aliphatic heterocycles. The van der Waals surface area contributed by atoms with E-state index < -0.39 is 0 Å². The predicted molar refractivity (Wildman–Crippen MR) is 78.5 cm³/mol. The van der Waals surface area contributed by atoms with Gasteiger partial charge in [-0.25, -0.2) is 4.79 Å². The highest BCUT2D eigenvalue weighted by Crippen LogP contribution is 2.10. The average molecular weight is 248 g/mol. The summed E-state index contributed by atoms with van der Waals surface area (Å²) in [4.78, 5) is 11.3. The molecule has 19 heavy (non-hydrogen) atoms. The van der Waals surface area contributed by atoms with E-state index in [1.54, 1.807) is 12.1 Å². The molecule has 2 aromatic rings. The molecule has 0 atom stereocenters. The Hall–Kier alpha value is -2.29. The Morgan fingerprint density at radius 2 is 1.42 bits per heavy atom. The van der Waals surface area contributed by atoms with Gasteiger partial charge in [0.05, 0.1) is 12.7 Å². The van der Waals surface area contributed by atoms with Crippen LogP contribution in [0, 0.1) is 0 Å². The Kier molecular flexibility index (Phi) is 4.19. The first-order valence-electron chi connectivity index (χ1n) is 5.91. The van der Waals surface area contributed by atoms with E-state index in [1.807, 2.05) is 48.6 Å². The molecule has 2 aromatic carbocycles. The van der Waals surface area contributed by atoms with E-state index in [-0.39, 0.29) is 5.97 Å². The maximum atomic E-state index is 11.3. The van der Waals surface area contributed by atoms with Crippen molar-refractivity contribution in [3.63, 3.8) is 0 Å². The molecule has 2 nitrogen and oxygen atoms in total. The number of rotatable bonds is 3. The van der Waals surface area contributed by atoms with Crippen molar-refractivity contribution in [3.8, 4) is 0 Å². The summed E-state index contributed by atoms with van der Waals surface area (Å²) in [6, 6.07) is 14.9. The Balaban J connectivity index is 2.11. The summed E-state index contributed by atoms with van der Waals surface area (Å²) in [6.45, 7) is 0. The van der Waals surface area contributed by atoms with Gasteiger partial charge in [0, 0.05) is 0 Å². The largest absolute Gasteiger partial charge is 0.465 e. The van der Waals surface area contributed by atoms with Crippen LogP contribution in [-0.2, 0) is 4.74 Å². The fourth-order valence-electron chi connectivity index (χ4n) is 1.65. The van der Waals surface area contributed by atoms with E-state index in [9.17, 15) is 4.79 Å². The van der Waals surface area contributed by atoms with Crippen molar-refractivity contribution in [2.24, 2.45) is 0 Å². The predicted octanol–water partition coefficient (Wildman–Crippen LogP) is 2.44. The lowest BCUT2D eigenvalue weighted by Crippen LogP contribution is -2.00. The number of benzene rings is 2. The van der Waals surface area contributed by atoms with Gasteiger partial charge in [-0.05, 0) is 23.3 Å². The van der Waals surface area contributed by atoms with E-state index in [0.29, 0.717) is 5.56 Å². The molecule has 3 heteroatoms. The molecule has 2 rings (SSSR count). The van der Waals surface area contributed by atoms with Gasteiger partial charge in [-0.3, -0.25) is 0 Å². The highest BCUT2D eigenvalue weighted by Gasteiger charge is 2.02.